The maximum Gasteiger partial charge on any atom is 0.269 e. The van der Waals surface area contributed by atoms with Gasteiger partial charge < -0.3 is 14.8 Å². The van der Waals surface area contributed by atoms with Gasteiger partial charge in [-0.2, -0.15) is 0 Å². The molecule has 0 aliphatic heterocycles. The van der Waals surface area contributed by atoms with E-state index in [-0.39, 0.29) is 5.91 Å². The number of rotatable bonds is 5. The number of carbonyl (C=O) groups is 1. The standard InChI is InChI=1S/C13H17N3O3S/c1-4-7-14-13(20)16-15-12(17)9-5-6-10(18-2)11(8-9)19-3/h4-6,8H,1,7H2,2-3H3,(H,15,17)(H2,14,16,20). The minimum atomic E-state index is -0.339. The first-order valence-corrected chi connectivity index (χ1v) is 6.20. The molecule has 108 valence electrons. The molecule has 1 aromatic carbocycles. The van der Waals surface area contributed by atoms with E-state index in [1.165, 1.54) is 14.2 Å². The van der Waals surface area contributed by atoms with E-state index in [2.05, 4.69) is 22.7 Å². The zero-order valence-electron chi connectivity index (χ0n) is 11.4. The Hall–Kier alpha value is -2.28. The molecule has 0 atom stereocenters. The molecule has 0 heterocycles. The Labute approximate surface area is 123 Å². The topological polar surface area (TPSA) is 71.6 Å². The number of nitrogens with one attached hydrogen (secondary N) is 3. The van der Waals surface area contributed by atoms with Crippen molar-refractivity contribution in [1.29, 1.82) is 0 Å². The Morgan fingerprint density at radius 1 is 1.30 bits per heavy atom. The van der Waals surface area contributed by atoms with Gasteiger partial charge in [-0.15, -0.1) is 6.58 Å². The lowest BCUT2D eigenvalue weighted by Gasteiger charge is -2.12. The molecule has 0 spiro atoms. The van der Waals surface area contributed by atoms with Crippen molar-refractivity contribution in [2.75, 3.05) is 20.8 Å². The van der Waals surface area contributed by atoms with Crippen LogP contribution in [0, 0.1) is 0 Å². The van der Waals surface area contributed by atoms with Gasteiger partial charge in [-0.1, -0.05) is 6.08 Å². The summed E-state index contributed by atoms with van der Waals surface area (Å²) >= 11 is 4.95. The van der Waals surface area contributed by atoms with Crippen LogP contribution in [-0.4, -0.2) is 31.8 Å². The van der Waals surface area contributed by atoms with Crippen LogP contribution >= 0.6 is 12.2 Å². The molecule has 0 saturated carbocycles. The molecule has 0 radical (unpaired) electrons. The van der Waals surface area contributed by atoms with E-state index in [9.17, 15) is 4.79 Å². The van der Waals surface area contributed by atoms with Crippen molar-refractivity contribution in [3.8, 4) is 11.5 Å². The number of benzene rings is 1. The zero-order chi connectivity index (χ0) is 15.0. The number of methoxy groups -OCH3 is 2. The fraction of sp³-hybridized carbons (Fsp3) is 0.231. The van der Waals surface area contributed by atoms with Crippen molar-refractivity contribution in [3.63, 3.8) is 0 Å². The van der Waals surface area contributed by atoms with Crippen LogP contribution < -0.4 is 25.6 Å². The monoisotopic (exact) mass is 295 g/mol. The third-order valence-corrected chi connectivity index (χ3v) is 2.59. The molecule has 0 fully saturated rings. The smallest absolute Gasteiger partial charge is 0.269 e. The van der Waals surface area contributed by atoms with Crippen LogP contribution in [0.25, 0.3) is 0 Å². The molecule has 0 aromatic heterocycles. The molecule has 1 amide bonds. The third-order valence-electron chi connectivity index (χ3n) is 2.34. The molecule has 1 aromatic rings. The van der Waals surface area contributed by atoms with E-state index in [4.69, 9.17) is 21.7 Å². The highest BCUT2D eigenvalue weighted by atomic mass is 32.1. The van der Waals surface area contributed by atoms with Crippen molar-refractivity contribution in [2.45, 2.75) is 0 Å². The van der Waals surface area contributed by atoms with Crippen LogP contribution in [0.5, 0.6) is 11.5 Å². The molecular formula is C13H17N3O3S. The van der Waals surface area contributed by atoms with Crippen molar-refractivity contribution in [3.05, 3.63) is 36.4 Å². The molecule has 7 heteroatoms. The first-order valence-electron chi connectivity index (χ1n) is 5.79. The summed E-state index contributed by atoms with van der Waals surface area (Å²) in [5.74, 6) is 0.696. The van der Waals surface area contributed by atoms with E-state index in [0.717, 1.165) is 0 Å². The summed E-state index contributed by atoms with van der Waals surface area (Å²) in [5, 5.41) is 3.13. The summed E-state index contributed by atoms with van der Waals surface area (Å²) in [6, 6.07) is 4.86. The van der Waals surface area contributed by atoms with E-state index < -0.39 is 0 Å². The Kier molecular flexibility index (Phi) is 6.31. The van der Waals surface area contributed by atoms with Gasteiger partial charge in [0.2, 0.25) is 0 Å². The van der Waals surface area contributed by atoms with Gasteiger partial charge in [0.25, 0.3) is 5.91 Å². The fourth-order valence-corrected chi connectivity index (χ4v) is 1.51. The molecule has 0 aliphatic rings. The quantitative estimate of drug-likeness (QED) is 0.428. The summed E-state index contributed by atoms with van der Waals surface area (Å²) in [7, 11) is 3.04. The Balaban J connectivity index is 2.63. The van der Waals surface area contributed by atoms with E-state index in [0.29, 0.717) is 28.7 Å². The van der Waals surface area contributed by atoms with Gasteiger partial charge in [-0.05, 0) is 30.4 Å². The summed E-state index contributed by atoms with van der Waals surface area (Å²) < 4.78 is 10.2. The Morgan fingerprint density at radius 3 is 2.60 bits per heavy atom. The van der Waals surface area contributed by atoms with Gasteiger partial charge in [0.1, 0.15) is 0 Å². The lowest BCUT2D eigenvalue weighted by Crippen LogP contribution is -2.46. The Morgan fingerprint density at radius 2 is 2.00 bits per heavy atom. The average molecular weight is 295 g/mol. The number of hydrogen-bond donors (Lipinski definition) is 3. The molecule has 6 nitrogen and oxygen atoms in total. The van der Waals surface area contributed by atoms with Gasteiger partial charge in [-0.3, -0.25) is 15.6 Å². The van der Waals surface area contributed by atoms with Crippen LogP contribution in [0.3, 0.4) is 0 Å². The molecule has 0 unspecified atom stereocenters. The van der Waals surface area contributed by atoms with Crippen LogP contribution in [0.2, 0.25) is 0 Å². The first kappa shape index (κ1) is 15.8. The highest BCUT2D eigenvalue weighted by molar-refractivity contribution is 7.80. The zero-order valence-corrected chi connectivity index (χ0v) is 12.2. The highest BCUT2D eigenvalue weighted by Gasteiger charge is 2.10. The summed E-state index contributed by atoms with van der Waals surface area (Å²) in [4.78, 5) is 11.9. The first-order chi connectivity index (χ1) is 9.62. The summed E-state index contributed by atoms with van der Waals surface area (Å²) in [5.41, 5.74) is 5.47. The van der Waals surface area contributed by atoms with Gasteiger partial charge in [-0.25, -0.2) is 0 Å². The third kappa shape index (κ3) is 4.43. The van der Waals surface area contributed by atoms with Gasteiger partial charge >= 0.3 is 0 Å². The second kappa shape index (κ2) is 8.00. The number of carbonyl (C=O) groups excluding carboxylic acids is 1. The average Bonchev–Trinajstić information content (AvgIpc) is 2.49. The second-order valence-electron chi connectivity index (χ2n) is 3.65. The van der Waals surface area contributed by atoms with Crippen LogP contribution in [0.1, 0.15) is 10.4 Å². The number of thiocarbonyl (C=S) groups is 1. The largest absolute Gasteiger partial charge is 0.493 e. The maximum atomic E-state index is 11.9. The van der Waals surface area contributed by atoms with Crippen molar-refractivity contribution < 1.29 is 14.3 Å². The van der Waals surface area contributed by atoms with E-state index in [1.807, 2.05) is 0 Å². The van der Waals surface area contributed by atoms with Crippen LogP contribution in [0.4, 0.5) is 0 Å². The molecule has 0 saturated heterocycles. The van der Waals surface area contributed by atoms with Crippen molar-refractivity contribution in [1.82, 2.24) is 16.2 Å². The number of amides is 1. The molecule has 1 rings (SSSR count). The van der Waals surface area contributed by atoms with E-state index in [1.54, 1.807) is 24.3 Å². The SMILES string of the molecule is C=CCNC(=S)NNC(=O)c1ccc(OC)c(OC)c1. The van der Waals surface area contributed by atoms with Crippen molar-refractivity contribution in [2.24, 2.45) is 0 Å². The van der Waals surface area contributed by atoms with Crippen molar-refractivity contribution >= 4 is 23.2 Å². The predicted molar refractivity (Wildman–Crippen MR) is 80.9 cm³/mol. The van der Waals surface area contributed by atoms with Gasteiger partial charge in [0.15, 0.2) is 16.6 Å². The van der Waals surface area contributed by atoms with Crippen LogP contribution in [0.15, 0.2) is 30.9 Å². The maximum absolute atomic E-state index is 11.9. The lowest BCUT2D eigenvalue weighted by atomic mass is 10.2. The highest BCUT2D eigenvalue weighted by Crippen LogP contribution is 2.27. The summed E-state index contributed by atoms with van der Waals surface area (Å²) in [6.07, 6.45) is 1.66. The molecule has 3 N–H and O–H groups in total. The van der Waals surface area contributed by atoms with Gasteiger partial charge in [0.05, 0.1) is 14.2 Å². The fourth-order valence-electron chi connectivity index (χ4n) is 1.37. The number of hydrogen-bond acceptors (Lipinski definition) is 4. The minimum Gasteiger partial charge on any atom is -0.493 e. The number of ether oxygens (including phenoxy) is 2. The van der Waals surface area contributed by atoms with E-state index >= 15 is 0 Å². The second-order valence-corrected chi connectivity index (χ2v) is 4.06. The lowest BCUT2D eigenvalue weighted by molar-refractivity contribution is 0.0943. The number of hydrazine groups is 1. The molecular weight excluding hydrogens is 278 g/mol. The normalized spacial score (nSPS) is 9.30. The molecule has 20 heavy (non-hydrogen) atoms. The summed E-state index contributed by atoms with van der Waals surface area (Å²) in [6.45, 7) is 4.06. The molecule has 0 bridgehead atoms. The Bertz CT molecular complexity index is 506. The minimum absolute atomic E-state index is 0.304. The van der Waals surface area contributed by atoms with Gasteiger partial charge in [0, 0.05) is 12.1 Å². The molecule has 0 aliphatic carbocycles. The van der Waals surface area contributed by atoms with Crippen LogP contribution in [-0.2, 0) is 0 Å². The predicted octanol–water partition coefficient (Wildman–Crippen LogP) is 0.999.